The normalized spacial score (nSPS) is 15.6. The summed E-state index contributed by atoms with van der Waals surface area (Å²) in [7, 11) is 0. The van der Waals surface area contributed by atoms with Gasteiger partial charge in [-0.05, 0) is 48.1 Å². The molecule has 0 spiro atoms. The Bertz CT molecular complexity index is 702. The Morgan fingerprint density at radius 1 is 1.45 bits per heavy atom. The molecule has 1 N–H and O–H groups in total. The summed E-state index contributed by atoms with van der Waals surface area (Å²) >= 11 is 6.41. The van der Waals surface area contributed by atoms with Crippen LogP contribution in [-0.2, 0) is 13.0 Å². The number of rotatable bonds is 2. The molecule has 3 heterocycles. The zero-order valence-electron chi connectivity index (χ0n) is 12.8. The van der Waals surface area contributed by atoms with Gasteiger partial charge in [0, 0.05) is 34.4 Å². The molecule has 0 bridgehead atoms. The van der Waals surface area contributed by atoms with Crippen LogP contribution in [0.25, 0.3) is 0 Å². The molecule has 2 aromatic rings. The Balaban J connectivity index is 1.75. The van der Waals surface area contributed by atoms with E-state index in [1.54, 1.807) is 11.3 Å². The molecule has 2 aromatic heterocycles. The van der Waals surface area contributed by atoms with E-state index in [0.29, 0.717) is 10.0 Å². The predicted octanol–water partition coefficient (Wildman–Crippen LogP) is 4.38. The molecule has 22 heavy (non-hydrogen) atoms. The van der Waals surface area contributed by atoms with Gasteiger partial charge in [0.2, 0.25) is 0 Å². The maximum atomic E-state index is 12.3. The van der Waals surface area contributed by atoms with Gasteiger partial charge in [0.15, 0.2) is 5.13 Å². The quantitative estimate of drug-likeness (QED) is 0.814. The van der Waals surface area contributed by atoms with Crippen LogP contribution < -0.4 is 5.32 Å². The average Bonchev–Trinajstić information content (AvgIpc) is 3.01. The number of nitrogens with one attached hydrogen (secondary N) is 1. The summed E-state index contributed by atoms with van der Waals surface area (Å²) in [5, 5.41) is 5.52. The molecule has 3 rings (SSSR count). The Hall–Kier alpha value is -0.760. The Kier molecular flexibility index (Phi) is 4.42. The number of amides is 1. The van der Waals surface area contributed by atoms with E-state index in [4.69, 9.17) is 0 Å². The summed E-state index contributed by atoms with van der Waals surface area (Å²) in [6.45, 7) is 8.63. The maximum absolute atomic E-state index is 12.3. The molecule has 0 atom stereocenters. The largest absolute Gasteiger partial charge is 0.297 e. The highest BCUT2D eigenvalue weighted by Gasteiger charge is 2.28. The Morgan fingerprint density at radius 3 is 2.86 bits per heavy atom. The van der Waals surface area contributed by atoms with Gasteiger partial charge in [0.25, 0.3) is 5.91 Å². The van der Waals surface area contributed by atoms with E-state index in [-0.39, 0.29) is 11.4 Å². The molecule has 0 radical (unpaired) electrons. The number of carbonyl (C=O) groups excluding carboxylic acids is 1. The second kappa shape index (κ2) is 6.03. The molecule has 4 nitrogen and oxygen atoms in total. The third-order valence-electron chi connectivity index (χ3n) is 3.72. The first kappa shape index (κ1) is 16.1. The lowest BCUT2D eigenvalue weighted by atomic mass is 10.0. The number of aromatic nitrogens is 1. The lowest BCUT2D eigenvalue weighted by Crippen LogP contribution is -2.43. The van der Waals surface area contributed by atoms with Gasteiger partial charge >= 0.3 is 0 Å². The SMILES string of the molecule is CC(C)(C)N1CCc2nc(NC(=O)c3sccc3Br)sc2C1. The van der Waals surface area contributed by atoms with Crippen LogP contribution in [0.1, 0.15) is 41.0 Å². The summed E-state index contributed by atoms with van der Waals surface area (Å²) in [6.07, 6.45) is 0.946. The minimum atomic E-state index is -0.0966. The maximum Gasteiger partial charge on any atom is 0.268 e. The van der Waals surface area contributed by atoms with Gasteiger partial charge in [-0.3, -0.25) is 15.0 Å². The van der Waals surface area contributed by atoms with Crippen LogP contribution in [-0.4, -0.2) is 27.9 Å². The fourth-order valence-electron chi connectivity index (χ4n) is 2.43. The van der Waals surface area contributed by atoms with E-state index in [9.17, 15) is 4.79 Å². The molecule has 7 heteroatoms. The van der Waals surface area contributed by atoms with E-state index in [0.717, 1.165) is 29.7 Å². The second-order valence-corrected chi connectivity index (χ2v) is 9.14. The summed E-state index contributed by atoms with van der Waals surface area (Å²) in [4.78, 5) is 21.3. The van der Waals surface area contributed by atoms with E-state index >= 15 is 0 Å². The van der Waals surface area contributed by atoms with Gasteiger partial charge in [-0.2, -0.15) is 0 Å². The van der Waals surface area contributed by atoms with E-state index in [2.05, 4.69) is 51.9 Å². The minimum absolute atomic E-state index is 0.0966. The topological polar surface area (TPSA) is 45.2 Å². The molecule has 0 unspecified atom stereocenters. The van der Waals surface area contributed by atoms with Crippen molar-refractivity contribution in [2.45, 2.75) is 39.3 Å². The van der Waals surface area contributed by atoms with Gasteiger partial charge in [-0.25, -0.2) is 4.98 Å². The van der Waals surface area contributed by atoms with Crippen molar-refractivity contribution in [3.8, 4) is 0 Å². The van der Waals surface area contributed by atoms with Crippen LogP contribution in [0.4, 0.5) is 5.13 Å². The molecule has 1 aliphatic rings. The third-order valence-corrected chi connectivity index (χ3v) is 6.56. The van der Waals surface area contributed by atoms with Gasteiger partial charge in [-0.15, -0.1) is 22.7 Å². The Morgan fingerprint density at radius 2 is 2.23 bits per heavy atom. The first-order valence-electron chi connectivity index (χ1n) is 7.12. The molecule has 0 saturated carbocycles. The van der Waals surface area contributed by atoms with Crippen LogP contribution in [0.3, 0.4) is 0 Å². The van der Waals surface area contributed by atoms with Gasteiger partial charge in [0.1, 0.15) is 4.88 Å². The molecule has 0 fully saturated rings. The van der Waals surface area contributed by atoms with Crippen molar-refractivity contribution < 1.29 is 4.79 Å². The number of hydrogen-bond acceptors (Lipinski definition) is 5. The number of fused-ring (bicyclic) bond motifs is 1. The molecular weight excluding hydrogens is 382 g/mol. The fourth-order valence-corrected chi connectivity index (χ4v) is 4.90. The lowest BCUT2D eigenvalue weighted by Gasteiger charge is -2.37. The molecule has 1 aliphatic heterocycles. The first-order chi connectivity index (χ1) is 10.3. The van der Waals surface area contributed by atoms with Crippen LogP contribution in [0, 0.1) is 0 Å². The predicted molar refractivity (Wildman–Crippen MR) is 96.0 cm³/mol. The van der Waals surface area contributed by atoms with Crippen molar-refractivity contribution >= 4 is 49.6 Å². The number of carbonyl (C=O) groups is 1. The van der Waals surface area contributed by atoms with E-state index < -0.39 is 0 Å². The monoisotopic (exact) mass is 399 g/mol. The fraction of sp³-hybridized carbons (Fsp3) is 0.467. The summed E-state index contributed by atoms with van der Waals surface area (Å²) in [6, 6.07) is 1.88. The molecule has 0 aliphatic carbocycles. The van der Waals surface area contributed by atoms with Crippen molar-refractivity contribution in [2.24, 2.45) is 0 Å². The summed E-state index contributed by atoms with van der Waals surface area (Å²) in [5.41, 5.74) is 1.29. The number of anilines is 1. The lowest BCUT2D eigenvalue weighted by molar-refractivity contribution is 0.103. The van der Waals surface area contributed by atoms with Crippen LogP contribution in [0.2, 0.25) is 0 Å². The summed E-state index contributed by atoms with van der Waals surface area (Å²) < 4.78 is 0.829. The highest BCUT2D eigenvalue weighted by atomic mass is 79.9. The minimum Gasteiger partial charge on any atom is -0.297 e. The molecule has 1 amide bonds. The van der Waals surface area contributed by atoms with Crippen molar-refractivity contribution in [1.29, 1.82) is 0 Å². The van der Waals surface area contributed by atoms with Crippen molar-refractivity contribution in [2.75, 3.05) is 11.9 Å². The van der Waals surface area contributed by atoms with Crippen LogP contribution in [0.15, 0.2) is 15.9 Å². The smallest absolute Gasteiger partial charge is 0.268 e. The Labute approximate surface area is 146 Å². The highest BCUT2D eigenvalue weighted by Crippen LogP contribution is 2.32. The molecule has 0 aromatic carbocycles. The van der Waals surface area contributed by atoms with Crippen LogP contribution >= 0.6 is 38.6 Å². The number of nitrogens with zero attached hydrogens (tertiary/aromatic N) is 2. The zero-order valence-corrected chi connectivity index (χ0v) is 16.0. The number of hydrogen-bond donors (Lipinski definition) is 1. The second-order valence-electron chi connectivity index (χ2n) is 6.28. The zero-order chi connectivity index (χ0) is 15.9. The number of thiophene rings is 1. The van der Waals surface area contributed by atoms with Gasteiger partial charge in [-0.1, -0.05) is 0 Å². The molecule has 118 valence electrons. The van der Waals surface area contributed by atoms with Crippen molar-refractivity contribution in [1.82, 2.24) is 9.88 Å². The van der Waals surface area contributed by atoms with E-state index in [1.165, 1.54) is 16.2 Å². The summed E-state index contributed by atoms with van der Waals surface area (Å²) in [5.74, 6) is -0.0966. The van der Waals surface area contributed by atoms with Gasteiger partial charge < -0.3 is 0 Å². The van der Waals surface area contributed by atoms with Crippen molar-refractivity contribution in [3.05, 3.63) is 31.4 Å². The third kappa shape index (κ3) is 3.27. The first-order valence-corrected chi connectivity index (χ1v) is 9.61. The standard InChI is InChI=1S/C15H18BrN3OS2/c1-15(2,3)19-6-4-10-11(8-19)22-14(17-10)18-13(20)12-9(16)5-7-21-12/h5,7H,4,6,8H2,1-3H3,(H,17,18,20). The van der Waals surface area contributed by atoms with Crippen molar-refractivity contribution in [3.63, 3.8) is 0 Å². The highest BCUT2D eigenvalue weighted by molar-refractivity contribution is 9.10. The average molecular weight is 400 g/mol. The number of thiazole rings is 1. The van der Waals surface area contributed by atoms with Crippen LogP contribution in [0.5, 0.6) is 0 Å². The number of halogens is 1. The van der Waals surface area contributed by atoms with Gasteiger partial charge in [0.05, 0.1) is 5.69 Å². The van der Waals surface area contributed by atoms with E-state index in [1.807, 2.05) is 11.4 Å². The molecule has 0 saturated heterocycles. The molecular formula is C15H18BrN3OS2.